The molecule has 0 aromatic heterocycles. The third-order valence-corrected chi connectivity index (χ3v) is 5.48. The van der Waals surface area contributed by atoms with Crippen LogP contribution in [-0.4, -0.2) is 48.3 Å². The fourth-order valence-corrected chi connectivity index (χ4v) is 3.93. The van der Waals surface area contributed by atoms with Crippen LogP contribution in [0.25, 0.3) is 0 Å². The maximum absolute atomic E-state index is 9.55. The minimum atomic E-state index is -1.26. The van der Waals surface area contributed by atoms with Crippen molar-refractivity contribution in [3.63, 3.8) is 0 Å². The van der Waals surface area contributed by atoms with E-state index in [0.717, 1.165) is 26.2 Å². The minimum absolute atomic E-state index is 0.558. The molecule has 3 N–H and O–H groups in total. The van der Waals surface area contributed by atoms with Gasteiger partial charge in [-0.25, -0.2) is 9.59 Å². The van der Waals surface area contributed by atoms with Crippen molar-refractivity contribution in [2.24, 2.45) is 0 Å². The summed E-state index contributed by atoms with van der Waals surface area (Å²) in [5.41, 5.74) is 4.05. The summed E-state index contributed by atoms with van der Waals surface area (Å²) in [5, 5.41) is 19.0. The first-order chi connectivity index (χ1) is 13.9. The van der Waals surface area contributed by atoms with Gasteiger partial charge in [-0.15, -0.1) is 0 Å². The molecule has 0 aliphatic carbocycles. The zero-order valence-corrected chi connectivity index (χ0v) is 17.4. The number of nitrogens with one attached hydrogen (secondary N) is 1. The molecule has 1 aliphatic rings. The average Bonchev–Trinajstić information content (AvgIpc) is 2.70. The lowest BCUT2D eigenvalue weighted by molar-refractivity contribution is -0.134. The highest BCUT2D eigenvalue weighted by Crippen LogP contribution is 2.37. The van der Waals surface area contributed by atoms with Crippen LogP contribution in [0.1, 0.15) is 11.1 Å². The van der Waals surface area contributed by atoms with Gasteiger partial charge in [0.1, 0.15) is 0 Å². The minimum Gasteiger partial charge on any atom is -0.478 e. The van der Waals surface area contributed by atoms with Gasteiger partial charge >= 0.3 is 11.9 Å². The van der Waals surface area contributed by atoms with Gasteiger partial charge in [-0.3, -0.25) is 0 Å². The van der Waals surface area contributed by atoms with E-state index in [0.29, 0.717) is 12.2 Å². The Labute approximate surface area is 175 Å². The summed E-state index contributed by atoms with van der Waals surface area (Å²) in [6.45, 7) is 8.67. The normalized spacial score (nSPS) is 13.7. The number of hydrogen-bond acceptors (Lipinski definition) is 5. The Kier molecular flexibility index (Phi) is 8.76. The van der Waals surface area contributed by atoms with Crippen LogP contribution < -0.4 is 10.2 Å². The van der Waals surface area contributed by atoms with Crippen LogP contribution in [0.4, 0.5) is 5.69 Å². The largest absolute Gasteiger partial charge is 0.478 e. The first-order valence-corrected chi connectivity index (χ1v) is 10.1. The second-order valence-corrected chi connectivity index (χ2v) is 7.67. The maximum Gasteiger partial charge on any atom is 0.328 e. The lowest BCUT2D eigenvalue weighted by atomic mass is 10.2. The molecule has 2 aromatic rings. The Hall–Kier alpha value is -2.77. The molecule has 3 rings (SSSR count). The standard InChI is InChI=1S/C18H22N2S.C4H4O4/c1-14-7-8-17(15(2)13-14)21-18-6-4-3-5-16(18)20-11-9-19-10-12-20;5-3(6)1-2-4(7)8/h3-8,13,19H,9-12H2,1-2H3;1-2H,(H,5,6)(H,7,8)/b;2-1+. The lowest BCUT2D eigenvalue weighted by Gasteiger charge is -2.31. The van der Waals surface area contributed by atoms with Crippen molar-refractivity contribution < 1.29 is 19.8 Å². The number of anilines is 1. The quantitative estimate of drug-likeness (QED) is 0.644. The Morgan fingerprint density at radius 1 is 0.966 bits per heavy atom. The number of carboxylic acid groups (broad SMARTS) is 2. The van der Waals surface area contributed by atoms with Crippen molar-refractivity contribution in [1.82, 2.24) is 5.32 Å². The van der Waals surface area contributed by atoms with E-state index in [1.54, 1.807) is 0 Å². The van der Waals surface area contributed by atoms with Crippen molar-refractivity contribution in [3.8, 4) is 0 Å². The first-order valence-electron chi connectivity index (χ1n) is 9.30. The molecule has 1 aliphatic heterocycles. The van der Waals surface area contributed by atoms with Crippen LogP contribution in [0.3, 0.4) is 0 Å². The van der Waals surface area contributed by atoms with Gasteiger partial charge in [-0.1, -0.05) is 41.6 Å². The zero-order valence-electron chi connectivity index (χ0n) is 16.6. The number of piperazine rings is 1. The molecule has 0 bridgehead atoms. The van der Waals surface area contributed by atoms with Gasteiger partial charge < -0.3 is 20.4 Å². The SMILES string of the molecule is Cc1ccc(Sc2ccccc2N2CCNCC2)c(C)c1.O=C(O)/C=C/C(=O)O. The molecule has 6 nitrogen and oxygen atoms in total. The topological polar surface area (TPSA) is 89.9 Å². The summed E-state index contributed by atoms with van der Waals surface area (Å²) >= 11 is 1.88. The molecule has 1 heterocycles. The summed E-state index contributed by atoms with van der Waals surface area (Å²) in [4.78, 5) is 24.3. The smallest absolute Gasteiger partial charge is 0.328 e. The molecule has 0 atom stereocenters. The fraction of sp³-hybridized carbons (Fsp3) is 0.273. The number of rotatable bonds is 5. The molecule has 2 aromatic carbocycles. The summed E-state index contributed by atoms with van der Waals surface area (Å²) in [5.74, 6) is -2.51. The van der Waals surface area contributed by atoms with Crippen molar-refractivity contribution >= 4 is 29.4 Å². The van der Waals surface area contributed by atoms with Gasteiger partial charge in [-0.05, 0) is 37.6 Å². The third kappa shape index (κ3) is 7.63. The van der Waals surface area contributed by atoms with Gasteiger partial charge in [0.15, 0.2) is 0 Å². The van der Waals surface area contributed by atoms with Crippen LogP contribution in [0.5, 0.6) is 0 Å². The predicted octanol–water partition coefficient (Wildman–Crippen LogP) is 3.58. The maximum atomic E-state index is 9.55. The van der Waals surface area contributed by atoms with Crippen molar-refractivity contribution in [2.75, 3.05) is 31.1 Å². The van der Waals surface area contributed by atoms with Crippen LogP contribution in [0.2, 0.25) is 0 Å². The first kappa shape index (κ1) is 22.5. The van der Waals surface area contributed by atoms with Crippen LogP contribution in [-0.2, 0) is 9.59 Å². The zero-order chi connectivity index (χ0) is 21.2. The number of carboxylic acids is 2. The van der Waals surface area contributed by atoms with Crippen molar-refractivity contribution in [2.45, 2.75) is 23.6 Å². The Balaban J connectivity index is 0.000000321. The monoisotopic (exact) mass is 414 g/mol. The van der Waals surface area contributed by atoms with E-state index in [4.69, 9.17) is 10.2 Å². The molecular weight excluding hydrogens is 388 g/mol. The second-order valence-electron chi connectivity index (χ2n) is 6.59. The Morgan fingerprint density at radius 3 is 2.17 bits per heavy atom. The van der Waals surface area contributed by atoms with E-state index in [1.807, 2.05) is 11.8 Å². The van der Waals surface area contributed by atoms with E-state index < -0.39 is 11.9 Å². The van der Waals surface area contributed by atoms with Crippen LogP contribution in [0.15, 0.2) is 64.4 Å². The number of para-hydroxylation sites is 1. The lowest BCUT2D eigenvalue weighted by Crippen LogP contribution is -2.43. The number of aliphatic carboxylic acids is 2. The summed E-state index contributed by atoms with van der Waals surface area (Å²) in [6, 6.07) is 15.5. The number of hydrogen-bond donors (Lipinski definition) is 3. The van der Waals surface area contributed by atoms with Gasteiger partial charge in [0.2, 0.25) is 0 Å². The molecule has 7 heteroatoms. The highest BCUT2D eigenvalue weighted by Gasteiger charge is 2.14. The van der Waals surface area contributed by atoms with E-state index in [2.05, 4.69) is 66.5 Å². The molecule has 29 heavy (non-hydrogen) atoms. The molecule has 0 radical (unpaired) electrons. The van der Waals surface area contributed by atoms with E-state index in [9.17, 15) is 9.59 Å². The second kappa shape index (κ2) is 11.3. The Bertz CT molecular complexity index is 861. The van der Waals surface area contributed by atoms with Crippen molar-refractivity contribution in [3.05, 3.63) is 65.7 Å². The number of aryl methyl sites for hydroxylation is 2. The van der Waals surface area contributed by atoms with E-state index in [-0.39, 0.29) is 0 Å². The molecule has 0 spiro atoms. The highest BCUT2D eigenvalue weighted by molar-refractivity contribution is 7.99. The summed E-state index contributed by atoms with van der Waals surface area (Å²) < 4.78 is 0. The summed E-state index contributed by atoms with van der Waals surface area (Å²) in [6.07, 6.45) is 1.12. The van der Waals surface area contributed by atoms with Gasteiger partial charge in [0.25, 0.3) is 0 Å². The summed E-state index contributed by atoms with van der Waals surface area (Å²) in [7, 11) is 0. The van der Waals surface area contributed by atoms with Gasteiger partial charge in [-0.2, -0.15) is 0 Å². The fourth-order valence-electron chi connectivity index (χ4n) is 2.89. The molecule has 0 unspecified atom stereocenters. The molecular formula is C22H26N2O4S. The Morgan fingerprint density at radius 2 is 1.59 bits per heavy atom. The molecule has 0 saturated carbocycles. The molecule has 1 fully saturated rings. The van der Waals surface area contributed by atoms with Gasteiger partial charge in [0.05, 0.1) is 5.69 Å². The predicted molar refractivity (Wildman–Crippen MR) is 116 cm³/mol. The van der Waals surface area contributed by atoms with Gasteiger partial charge in [0, 0.05) is 48.1 Å². The highest BCUT2D eigenvalue weighted by atomic mass is 32.2. The molecule has 154 valence electrons. The number of benzene rings is 2. The third-order valence-electron chi connectivity index (χ3n) is 4.24. The van der Waals surface area contributed by atoms with Crippen molar-refractivity contribution in [1.29, 1.82) is 0 Å². The van der Waals surface area contributed by atoms with Crippen LogP contribution in [0, 0.1) is 13.8 Å². The number of nitrogens with zero attached hydrogens (tertiary/aromatic N) is 1. The molecule has 0 amide bonds. The number of carbonyl (C=O) groups is 2. The molecule has 1 saturated heterocycles. The van der Waals surface area contributed by atoms with E-state index in [1.165, 1.54) is 26.6 Å². The average molecular weight is 415 g/mol. The van der Waals surface area contributed by atoms with Crippen LogP contribution >= 0.6 is 11.8 Å². The van der Waals surface area contributed by atoms with E-state index >= 15 is 0 Å².